The molecule has 2 aliphatic rings. The number of nitrogens with zero attached hydrogens (tertiary/aromatic N) is 5. The molecule has 2 aliphatic heterocycles. The van der Waals surface area contributed by atoms with Gasteiger partial charge in [0.05, 0.1) is 13.2 Å². The van der Waals surface area contributed by atoms with Crippen LogP contribution in [0.25, 0.3) is 0 Å². The molecule has 0 aliphatic carbocycles. The number of rotatable bonds is 14. The van der Waals surface area contributed by atoms with Gasteiger partial charge in [-0.1, -0.05) is 110 Å². The third-order valence-corrected chi connectivity index (χ3v) is 13.7. The van der Waals surface area contributed by atoms with E-state index in [9.17, 15) is 38.4 Å². The molecule has 2 aromatic rings. The first-order valence-electron chi connectivity index (χ1n) is 26.6. The van der Waals surface area contributed by atoms with Crippen LogP contribution in [0.4, 0.5) is 0 Å². The lowest BCUT2D eigenvalue weighted by Gasteiger charge is -2.35. The first kappa shape index (κ1) is 61.7. The summed E-state index contributed by atoms with van der Waals surface area (Å²) >= 11 is 0. The van der Waals surface area contributed by atoms with Gasteiger partial charge in [0, 0.05) is 60.7 Å². The maximum atomic E-state index is 14.9. The second kappa shape index (κ2) is 28.9. The summed E-state index contributed by atoms with van der Waals surface area (Å²) in [6, 6.07) is 11.4. The van der Waals surface area contributed by atoms with Crippen LogP contribution >= 0.6 is 0 Å². The van der Waals surface area contributed by atoms with E-state index in [0.29, 0.717) is 30.9 Å². The standard InChI is InChI=1S/C57H85N5O13/c1-35(2)28-44-54(67)72-40(10)51(64)59(12)47(31-38(7)8)57(70)75-49(33-42-20-22-43(23-21-42)34-62-24-26-71-27-25-62)53(66)61(14)45(29-36(3)4)55(68)73-39(9)50(63)58(11)46(30-37(5)6)56(69)74-48(52(65)60(44)13)32-41-18-16-15-17-19-41/h15-23,35-40,44-49H,24-34H2,1-14H3/t39-,40-,44+,45+,46+,47+,48-,49-/m1/s1. The molecule has 75 heavy (non-hydrogen) atoms. The van der Waals surface area contributed by atoms with Crippen molar-refractivity contribution >= 4 is 47.5 Å². The molecule has 0 radical (unpaired) electrons. The van der Waals surface area contributed by atoms with Crippen LogP contribution in [-0.2, 0) is 81.4 Å². The Morgan fingerprint density at radius 1 is 0.427 bits per heavy atom. The van der Waals surface area contributed by atoms with Crippen LogP contribution in [0.3, 0.4) is 0 Å². The summed E-state index contributed by atoms with van der Waals surface area (Å²) in [6.45, 7) is 21.2. The Morgan fingerprint density at radius 2 is 0.733 bits per heavy atom. The molecule has 8 atom stereocenters. The highest BCUT2D eigenvalue weighted by Crippen LogP contribution is 2.24. The Balaban J connectivity index is 1.84. The Hall–Kier alpha value is -5.88. The molecule has 18 nitrogen and oxygen atoms in total. The summed E-state index contributed by atoms with van der Waals surface area (Å²) in [6.07, 6.45) is -5.67. The second-order valence-corrected chi connectivity index (χ2v) is 22.0. The monoisotopic (exact) mass is 1050 g/mol. The van der Waals surface area contributed by atoms with E-state index in [1.807, 2.05) is 79.7 Å². The minimum atomic E-state index is -1.50. The number of hydrogen-bond acceptors (Lipinski definition) is 14. The lowest BCUT2D eigenvalue weighted by molar-refractivity contribution is -0.176. The molecule has 2 aromatic carbocycles. The highest BCUT2D eigenvalue weighted by molar-refractivity contribution is 5.94. The van der Waals surface area contributed by atoms with Gasteiger partial charge in [-0.2, -0.15) is 0 Å². The summed E-state index contributed by atoms with van der Waals surface area (Å²) in [5, 5.41) is 0. The Labute approximate surface area is 445 Å². The van der Waals surface area contributed by atoms with Gasteiger partial charge in [0.25, 0.3) is 23.6 Å². The molecule has 416 valence electrons. The first-order chi connectivity index (χ1) is 35.3. The highest BCUT2D eigenvalue weighted by atomic mass is 16.6. The van der Waals surface area contributed by atoms with Crippen LogP contribution in [0.2, 0.25) is 0 Å². The number of esters is 4. The number of amides is 4. The van der Waals surface area contributed by atoms with Crippen molar-refractivity contribution in [1.82, 2.24) is 24.5 Å². The van der Waals surface area contributed by atoms with Gasteiger partial charge in [0.15, 0.2) is 24.4 Å². The zero-order valence-corrected chi connectivity index (χ0v) is 46.9. The van der Waals surface area contributed by atoms with Gasteiger partial charge in [0.1, 0.15) is 24.2 Å². The molecule has 0 aromatic heterocycles. The zero-order valence-electron chi connectivity index (χ0n) is 46.9. The molecule has 0 saturated carbocycles. The van der Waals surface area contributed by atoms with Gasteiger partial charge >= 0.3 is 23.9 Å². The normalized spacial score (nSPS) is 25.5. The molecule has 0 unspecified atom stereocenters. The van der Waals surface area contributed by atoms with Crippen molar-refractivity contribution in [1.29, 1.82) is 0 Å². The third kappa shape index (κ3) is 18.1. The zero-order chi connectivity index (χ0) is 55.8. The number of benzene rings is 2. The minimum Gasteiger partial charge on any atom is -0.451 e. The molecule has 0 spiro atoms. The largest absolute Gasteiger partial charge is 0.451 e. The van der Waals surface area contributed by atoms with Gasteiger partial charge in [-0.25, -0.2) is 19.2 Å². The summed E-state index contributed by atoms with van der Waals surface area (Å²) in [4.78, 5) is 123. The topological polar surface area (TPSA) is 199 Å². The van der Waals surface area contributed by atoms with Crippen LogP contribution < -0.4 is 0 Å². The van der Waals surface area contributed by atoms with Gasteiger partial charge in [-0.15, -0.1) is 0 Å². The number of cyclic esters (lactones) is 4. The maximum absolute atomic E-state index is 14.9. The van der Waals surface area contributed by atoms with Crippen LogP contribution in [0.15, 0.2) is 54.6 Å². The lowest BCUT2D eigenvalue weighted by Crippen LogP contribution is -2.55. The molecule has 4 rings (SSSR count). The summed E-state index contributed by atoms with van der Waals surface area (Å²) in [7, 11) is 5.60. The van der Waals surface area contributed by atoms with Crippen molar-refractivity contribution in [3.63, 3.8) is 0 Å². The molecule has 2 saturated heterocycles. The quantitative estimate of drug-likeness (QED) is 0.170. The number of ether oxygens (including phenoxy) is 5. The van der Waals surface area contributed by atoms with Gasteiger partial charge in [-0.3, -0.25) is 24.1 Å². The van der Waals surface area contributed by atoms with Gasteiger partial charge in [-0.05, 0) is 79.9 Å². The number of hydrogen-bond donors (Lipinski definition) is 0. The Bertz CT molecular complexity index is 2220. The molecule has 0 N–H and O–H groups in total. The number of carbonyl (C=O) groups excluding carboxylic acids is 8. The van der Waals surface area contributed by atoms with Crippen molar-refractivity contribution < 1.29 is 62.0 Å². The second-order valence-electron chi connectivity index (χ2n) is 22.0. The minimum absolute atomic E-state index is 0.0851. The summed E-state index contributed by atoms with van der Waals surface area (Å²) in [5.74, 6) is -7.19. The average molecular weight is 1050 g/mol. The van der Waals surface area contributed by atoms with Gasteiger partial charge < -0.3 is 43.3 Å². The van der Waals surface area contributed by atoms with E-state index in [-0.39, 0.29) is 62.2 Å². The molecule has 2 fully saturated rings. The molecular formula is C57H85N5O13. The smallest absolute Gasteiger partial charge is 0.329 e. The average Bonchev–Trinajstić information content (AvgIpc) is 3.36. The van der Waals surface area contributed by atoms with E-state index < -0.39 is 96.1 Å². The van der Waals surface area contributed by atoms with Crippen molar-refractivity contribution in [2.24, 2.45) is 23.7 Å². The molecule has 4 amide bonds. The van der Waals surface area contributed by atoms with Crippen LogP contribution in [-0.4, -0.2) is 175 Å². The van der Waals surface area contributed by atoms with Crippen molar-refractivity contribution in [2.45, 2.75) is 163 Å². The van der Waals surface area contributed by atoms with Crippen LogP contribution in [0, 0.1) is 23.7 Å². The van der Waals surface area contributed by atoms with E-state index in [0.717, 1.165) is 33.4 Å². The molecular weight excluding hydrogens is 963 g/mol. The fraction of sp³-hybridized carbons (Fsp3) is 0.649. The SMILES string of the molecule is CC(C)C[C@H]1C(=O)O[C@H](Cc2ccc(CN3CCOCC3)cc2)C(=O)N(C)[C@@H](CC(C)C)C(=O)O[C@H](C)C(=O)N(C)[C@@H](CC(C)C)C(=O)O[C@H](Cc2ccccc2)C(=O)N(C)[C@@H](CC(C)C)C(=O)O[C@H](C)C(=O)N1C. The predicted octanol–water partition coefficient (Wildman–Crippen LogP) is 5.50. The van der Waals surface area contributed by atoms with Crippen molar-refractivity contribution in [3.8, 4) is 0 Å². The molecule has 2 heterocycles. The Morgan fingerprint density at radius 3 is 1.08 bits per heavy atom. The fourth-order valence-electron chi connectivity index (χ4n) is 9.32. The van der Waals surface area contributed by atoms with Crippen molar-refractivity contribution in [2.75, 3.05) is 54.5 Å². The Kier molecular flexibility index (Phi) is 23.7. The number of likely N-dealkylation sites (N-methyl/N-ethyl adjacent to an activating group) is 4. The maximum Gasteiger partial charge on any atom is 0.329 e. The lowest BCUT2D eigenvalue weighted by atomic mass is 9.99. The van der Waals surface area contributed by atoms with Crippen LogP contribution in [0.5, 0.6) is 0 Å². The third-order valence-electron chi connectivity index (χ3n) is 13.7. The number of morpholine rings is 1. The molecule has 0 bridgehead atoms. The molecule has 18 heteroatoms. The van der Waals surface area contributed by atoms with E-state index in [4.69, 9.17) is 23.7 Å². The highest BCUT2D eigenvalue weighted by Gasteiger charge is 2.43. The van der Waals surface area contributed by atoms with E-state index >= 15 is 0 Å². The summed E-state index contributed by atoms with van der Waals surface area (Å²) in [5.41, 5.74) is 2.34. The van der Waals surface area contributed by atoms with Gasteiger partial charge in [0.2, 0.25) is 0 Å². The van der Waals surface area contributed by atoms with Crippen LogP contribution in [0.1, 0.15) is 112 Å². The van der Waals surface area contributed by atoms with Crippen molar-refractivity contribution in [3.05, 3.63) is 71.3 Å². The van der Waals surface area contributed by atoms with E-state index in [1.54, 1.807) is 30.3 Å². The fourth-order valence-corrected chi connectivity index (χ4v) is 9.32. The summed E-state index contributed by atoms with van der Waals surface area (Å²) < 4.78 is 29.5. The van der Waals surface area contributed by atoms with E-state index in [2.05, 4.69) is 4.90 Å². The first-order valence-corrected chi connectivity index (χ1v) is 26.6. The predicted molar refractivity (Wildman–Crippen MR) is 281 cm³/mol. The van der Waals surface area contributed by atoms with E-state index in [1.165, 1.54) is 46.9 Å². The number of carbonyl (C=O) groups is 8.